The van der Waals surface area contributed by atoms with Crippen molar-refractivity contribution in [2.24, 2.45) is 0 Å². The Balaban J connectivity index is 3.79. The molecular weight excluding hydrogens is 195 g/mol. The van der Waals surface area contributed by atoms with Crippen LogP contribution in [0.15, 0.2) is 0 Å². The van der Waals surface area contributed by atoms with Crippen molar-refractivity contribution < 1.29 is 0 Å². The third-order valence-corrected chi connectivity index (χ3v) is 2.18. The van der Waals surface area contributed by atoms with E-state index in [2.05, 4.69) is 24.8 Å². The van der Waals surface area contributed by atoms with Crippen LogP contribution in [0.4, 0.5) is 0 Å². The van der Waals surface area contributed by atoms with Crippen LogP contribution in [-0.2, 0) is 0 Å². The third-order valence-electron chi connectivity index (χ3n) is 0.243. The van der Waals surface area contributed by atoms with Gasteiger partial charge >= 0.3 is 0 Å². The lowest BCUT2D eigenvalue weighted by molar-refractivity contribution is 1.69. The monoisotopic (exact) mass is 194 g/mol. The maximum absolute atomic E-state index is 5.18. The zero-order valence-corrected chi connectivity index (χ0v) is 6.97. The first kappa shape index (κ1) is 8.31. The van der Waals surface area contributed by atoms with Crippen LogP contribution in [0, 0.1) is 0 Å². The summed E-state index contributed by atoms with van der Waals surface area (Å²) in [5, 5.41) is 0. The highest BCUT2D eigenvalue weighted by atomic mass is 35.6. The Hall–Kier alpha value is 1.31. The lowest BCUT2D eigenvalue weighted by atomic mass is 10.9. The van der Waals surface area contributed by atoms with Crippen molar-refractivity contribution in [3.63, 3.8) is 0 Å². The predicted molar refractivity (Wildman–Crippen MR) is 41.9 cm³/mol. The quantitative estimate of drug-likeness (QED) is 0.352. The van der Waals surface area contributed by atoms with Crippen molar-refractivity contribution >= 4 is 63.8 Å². The molecule has 0 aromatic carbocycles. The lowest BCUT2D eigenvalue weighted by Crippen LogP contribution is -2.08. The third kappa shape index (κ3) is 3.86. The van der Waals surface area contributed by atoms with E-state index in [9.17, 15) is 0 Å². The molecule has 0 atom stereocenters. The molecule has 0 saturated heterocycles. The number of rotatable bonds is 0. The molecule has 0 aliphatic heterocycles. The van der Waals surface area contributed by atoms with Crippen molar-refractivity contribution in [1.82, 2.24) is 0 Å². The van der Waals surface area contributed by atoms with Crippen molar-refractivity contribution in [2.75, 3.05) is 0 Å². The molecule has 0 amide bonds. The largest absolute Gasteiger partial charge is 0.231 e. The van der Waals surface area contributed by atoms with Gasteiger partial charge in [0.15, 0.2) is 0 Å². The number of thiocarbonyl (C=S) groups is 1. The molecule has 0 aromatic heterocycles. The summed E-state index contributed by atoms with van der Waals surface area (Å²) in [6.07, 6.45) is 0. The zero-order chi connectivity index (χ0) is 6.08. The maximum atomic E-state index is 5.18. The van der Waals surface area contributed by atoms with E-state index in [1.54, 1.807) is 0 Å². The van der Waals surface area contributed by atoms with Gasteiger partial charge in [-0.25, -0.2) is 0 Å². The molecule has 42 valence electrons. The fourth-order valence-corrected chi connectivity index (χ4v) is 0. The normalized spacial score (nSPS) is 11.4. The standard InChI is InChI=1S/C2HCl3S2/c3-2(4,5)1(6)7/h(H,6,7). The Labute approximate surface area is 67.5 Å². The molecule has 0 unspecified atom stereocenters. The second kappa shape index (κ2) is 2.74. The molecule has 0 nitrogen and oxygen atoms in total. The van der Waals surface area contributed by atoms with E-state index in [0.29, 0.717) is 0 Å². The molecule has 0 spiro atoms. The molecule has 0 heterocycles. The predicted octanol–water partition coefficient (Wildman–Crippen LogP) is 2.61. The van der Waals surface area contributed by atoms with Gasteiger partial charge in [-0.05, 0) is 0 Å². The summed E-state index contributed by atoms with van der Waals surface area (Å²) in [6.45, 7) is 0. The molecule has 0 aliphatic rings. The van der Waals surface area contributed by atoms with E-state index < -0.39 is 3.79 Å². The van der Waals surface area contributed by atoms with Crippen LogP contribution in [0.1, 0.15) is 0 Å². The van der Waals surface area contributed by atoms with Gasteiger partial charge in [-0.15, -0.1) is 12.6 Å². The van der Waals surface area contributed by atoms with Crippen molar-refractivity contribution in [2.45, 2.75) is 3.79 Å². The van der Waals surface area contributed by atoms with Crippen LogP contribution in [0.25, 0.3) is 0 Å². The highest BCUT2D eigenvalue weighted by Gasteiger charge is 2.22. The minimum absolute atomic E-state index is 0.0671. The van der Waals surface area contributed by atoms with Gasteiger partial charge in [-0.2, -0.15) is 0 Å². The van der Waals surface area contributed by atoms with E-state index in [0.717, 1.165) is 0 Å². The van der Waals surface area contributed by atoms with E-state index in [4.69, 9.17) is 34.8 Å². The van der Waals surface area contributed by atoms with Crippen LogP contribution >= 0.6 is 59.6 Å². The summed E-state index contributed by atoms with van der Waals surface area (Å²) in [7, 11) is 0. The number of thiol groups is 1. The summed E-state index contributed by atoms with van der Waals surface area (Å²) < 4.78 is -1.42. The van der Waals surface area contributed by atoms with Gasteiger partial charge < -0.3 is 0 Å². The maximum Gasteiger partial charge on any atom is 0.231 e. The van der Waals surface area contributed by atoms with Crippen molar-refractivity contribution in [3.8, 4) is 0 Å². The summed E-state index contributed by atoms with van der Waals surface area (Å²) in [4.78, 5) is 0. The smallest absolute Gasteiger partial charge is 0.132 e. The summed E-state index contributed by atoms with van der Waals surface area (Å²) in [5.41, 5.74) is 0. The first-order valence-electron chi connectivity index (χ1n) is 1.24. The summed E-state index contributed by atoms with van der Waals surface area (Å²) in [5.74, 6) is 0. The number of hydrogen-bond acceptors (Lipinski definition) is 1. The minimum atomic E-state index is -1.49. The summed E-state index contributed by atoms with van der Waals surface area (Å²) in [6, 6.07) is 0. The molecular formula is C2HCl3S2. The van der Waals surface area contributed by atoms with Crippen LogP contribution < -0.4 is 0 Å². The Bertz CT molecular complexity index is 83.4. The lowest BCUT2D eigenvalue weighted by Gasteiger charge is -2.04. The van der Waals surface area contributed by atoms with Crippen molar-refractivity contribution in [1.29, 1.82) is 0 Å². The van der Waals surface area contributed by atoms with Gasteiger partial charge in [-0.3, -0.25) is 0 Å². The van der Waals surface area contributed by atoms with E-state index >= 15 is 0 Å². The van der Waals surface area contributed by atoms with Gasteiger partial charge in [0.1, 0.15) is 0 Å². The summed E-state index contributed by atoms with van der Waals surface area (Å²) >= 11 is 23.6. The molecule has 0 N–H and O–H groups in total. The molecule has 0 rings (SSSR count). The molecule has 0 radical (unpaired) electrons. The minimum Gasteiger partial charge on any atom is -0.132 e. The Morgan fingerprint density at radius 2 is 1.57 bits per heavy atom. The van der Waals surface area contributed by atoms with Gasteiger partial charge in [0.05, 0.1) is 4.20 Å². The highest BCUT2D eigenvalue weighted by Crippen LogP contribution is 2.29. The Morgan fingerprint density at radius 3 is 1.57 bits per heavy atom. The molecule has 7 heavy (non-hydrogen) atoms. The van der Waals surface area contributed by atoms with Gasteiger partial charge in [0.25, 0.3) is 0 Å². The van der Waals surface area contributed by atoms with Crippen LogP contribution in [0.5, 0.6) is 0 Å². The Morgan fingerprint density at radius 1 is 1.43 bits per heavy atom. The first-order chi connectivity index (χ1) is 2.94. The molecule has 0 aromatic rings. The Kier molecular flexibility index (Phi) is 3.25. The molecule has 0 aliphatic carbocycles. The number of hydrogen-bond donors (Lipinski definition) is 1. The fourth-order valence-electron chi connectivity index (χ4n) is 0. The number of alkyl halides is 3. The molecule has 0 fully saturated rings. The average molecular weight is 196 g/mol. The molecule has 5 heteroatoms. The topological polar surface area (TPSA) is 0 Å². The molecule has 0 saturated carbocycles. The highest BCUT2D eigenvalue weighted by molar-refractivity contribution is 8.12. The SMILES string of the molecule is S=C(S)C(Cl)(Cl)Cl. The van der Waals surface area contributed by atoms with E-state index in [-0.39, 0.29) is 4.20 Å². The number of halogens is 3. The average Bonchev–Trinajstić information content (AvgIpc) is 1.31. The van der Waals surface area contributed by atoms with Crippen LogP contribution in [0.2, 0.25) is 0 Å². The van der Waals surface area contributed by atoms with Crippen molar-refractivity contribution in [3.05, 3.63) is 0 Å². The molecule has 0 bridgehead atoms. The van der Waals surface area contributed by atoms with Gasteiger partial charge in [0.2, 0.25) is 3.79 Å². The van der Waals surface area contributed by atoms with E-state index in [1.807, 2.05) is 0 Å². The fraction of sp³-hybridized carbons (Fsp3) is 0.500. The first-order valence-corrected chi connectivity index (χ1v) is 3.23. The second-order valence-electron chi connectivity index (χ2n) is 0.803. The van der Waals surface area contributed by atoms with E-state index in [1.165, 1.54) is 0 Å². The van der Waals surface area contributed by atoms with Gasteiger partial charge in [0, 0.05) is 0 Å². The van der Waals surface area contributed by atoms with Gasteiger partial charge in [-0.1, -0.05) is 47.0 Å². The zero-order valence-electron chi connectivity index (χ0n) is 2.99. The second-order valence-corrected chi connectivity index (χ2v) is 4.24. The van der Waals surface area contributed by atoms with Crippen LogP contribution in [0.3, 0.4) is 0 Å². The van der Waals surface area contributed by atoms with Crippen LogP contribution in [-0.4, -0.2) is 7.99 Å².